The van der Waals surface area contributed by atoms with E-state index in [1.165, 1.54) is 19.3 Å². The Bertz CT molecular complexity index is 199. The monoisotopic (exact) mass is 231 g/mol. The molecule has 1 aliphatic carbocycles. The van der Waals surface area contributed by atoms with Gasteiger partial charge in [-0.2, -0.15) is 11.8 Å². The summed E-state index contributed by atoms with van der Waals surface area (Å²) in [5.74, 6) is -0.0931. The number of thioether (sulfide) groups is 1. The number of nitrogens with one attached hydrogen (secondary N) is 1. The highest BCUT2D eigenvalue weighted by atomic mass is 32.2. The second-order valence-corrected chi connectivity index (χ2v) is 5.01. The molecule has 1 rings (SSSR count). The molecule has 1 fully saturated rings. The molecular weight excluding hydrogens is 210 g/mol. The maximum Gasteiger partial charge on any atom is 0.307 e. The largest absolute Gasteiger partial charge is 0.466 e. The van der Waals surface area contributed by atoms with Crippen LogP contribution in [0.2, 0.25) is 0 Å². The van der Waals surface area contributed by atoms with Gasteiger partial charge in [0, 0.05) is 17.8 Å². The van der Waals surface area contributed by atoms with E-state index in [1.807, 2.05) is 18.7 Å². The molecule has 0 heterocycles. The van der Waals surface area contributed by atoms with Crippen LogP contribution in [0.4, 0.5) is 0 Å². The van der Waals surface area contributed by atoms with Crippen molar-refractivity contribution in [3.63, 3.8) is 0 Å². The van der Waals surface area contributed by atoms with Crippen molar-refractivity contribution in [2.45, 2.75) is 43.9 Å². The highest BCUT2D eigenvalue weighted by molar-refractivity contribution is 7.99. The highest BCUT2D eigenvalue weighted by Crippen LogP contribution is 2.27. The van der Waals surface area contributed by atoms with Crippen LogP contribution in [-0.2, 0) is 9.53 Å². The van der Waals surface area contributed by atoms with Gasteiger partial charge in [0.2, 0.25) is 0 Å². The van der Waals surface area contributed by atoms with Crippen molar-refractivity contribution < 1.29 is 9.53 Å². The van der Waals surface area contributed by atoms with Crippen LogP contribution in [-0.4, -0.2) is 36.7 Å². The lowest BCUT2D eigenvalue weighted by Crippen LogP contribution is -2.29. The lowest BCUT2D eigenvalue weighted by atomic mass is 10.2. The molecule has 2 atom stereocenters. The lowest BCUT2D eigenvalue weighted by molar-refractivity contribution is -0.142. The first-order chi connectivity index (χ1) is 7.26. The minimum Gasteiger partial charge on any atom is -0.466 e. The molecule has 1 aliphatic rings. The molecule has 2 unspecified atom stereocenters. The van der Waals surface area contributed by atoms with Crippen LogP contribution in [0.5, 0.6) is 0 Å². The minimum atomic E-state index is -0.0931. The maximum absolute atomic E-state index is 11.1. The van der Waals surface area contributed by atoms with E-state index >= 15 is 0 Å². The Labute approximate surface area is 96.3 Å². The summed E-state index contributed by atoms with van der Waals surface area (Å²) in [5, 5.41) is 4.23. The van der Waals surface area contributed by atoms with Gasteiger partial charge in [0.1, 0.15) is 0 Å². The summed E-state index contributed by atoms with van der Waals surface area (Å²) in [6.45, 7) is 3.08. The number of esters is 1. The molecule has 0 saturated heterocycles. The van der Waals surface area contributed by atoms with E-state index in [1.54, 1.807) is 0 Å². The van der Waals surface area contributed by atoms with Crippen molar-refractivity contribution in [1.29, 1.82) is 0 Å². The summed E-state index contributed by atoms with van der Waals surface area (Å²) in [6, 6.07) is 0.608. The predicted molar refractivity (Wildman–Crippen MR) is 64.2 cm³/mol. The quantitative estimate of drug-likeness (QED) is 0.708. The van der Waals surface area contributed by atoms with E-state index in [0.717, 1.165) is 11.8 Å². The van der Waals surface area contributed by atoms with E-state index < -0.39 is 0 Å². The average molecular weight is 231 g/mol. The molecule has 15 heavy (non-hydrogen) atoms. The number of carbonyl (C=O) groups excluding carboxylic acids is 1. The Balaban J connectivity index is 2.03. The molecule has 0 aromatic rings. The van der Waals surface area contributed by atoms with Gasteiger partial charge in [-0.1, -0.05) is 0 Å². The first kappa shape index (κ1) is 12.8. The fraction of sp³-hybridized carbons (Fsp3) is 0.909. The summed E-state index contributed by atoms with van der Waals surface area (Å²) >= 11 is 1.95. The first-order valence-corrected chi connectivity index (χ1v) is 6.96. The van der Waals surface area contributed by atoms with Crippen LogP contribution in [0.25, 0.3) is 0 Å². The summed E-state index contributed by atoms with van der Waals surface area (Å²) in [5.41, 5.74) is 0. The van der Waals surface area contributed by atoms with Gasteiger partial charge in [-0.05, 0) is 32.4 Å². The third-order valence-corrected chi connectivity index (χ3v) is 3.88. The lowest BCUT2D eigenvalue weighted by Gasteiger charge is -2.11. The molecule has 0 bridgehead atoms. The zero-order valence-electron chi connectivity index (χ0n) is 9.62. The third kappa shape index (κ3) is 4.89. The Morgan fingerprint density at radius 3 is 2.93 bits per heavy atom. The standard InChI is InChI=1S/C11H21NO2S/c1-3-14-11(13)6-7-12-9-4-5-10(8-9)15-2/h9-10,12H,3-8H2,1-2H3. The second-order valence-electron chi connectivity index (χ2n) is 3.88. The van der Waals surface area contributed by atoms with E-state index in [2.05, 4.69) is 11.6 Å². The van der Waals surface area contributed by atoms with Crippen LogP contribution < -0.4 is 5.32 Å². The number of hydrogen-bond donors (Lipinski definition) is 1. The van der Waals surface area contributed by atoms with Gasteiger partial charge < -0.3 is 10.1 Å². The van der Waals surface area contributed by atoms with Crippen molar-refractivity contribution in [2.75, 3.05) is 19.4 Å². The Morgan fingerprint density at radius 2 is 2.33 bits per heavy atom. The number of carbonyl (C=O) groups is 1. The van der Waals surface area contributed by atoms with Crippen LogP contribution in [0, 0.1) is 0 Å². The van der Waals surface area contributed by atoms with Gasteiger partial charge in [0.15, 0.2) is 0 Å². The fourth-order valence-electron chi connectivity index (χ4n) is 1.95. The first-order valence-electron chi connectivity index (χ1n) is 5.68. The van der Waals surface area contributed by atoms with Crippen molar-refractivity contribution in [3.05, 3.63) is 0 Å². The molecule has 0 aromatic heterocycles. The van der Waals surface area contributed by atoms with Gasteiger partial charge >= 0.3 is 5.97 Å². The second kappa shape index (κ2) is 7.12. The molecule has 0 radical (unpaired) electrons. The van der Waals surface area contributed by atoms with Crippen molar-refractivity contribution in [2.24, 2.45) is 0 Å². The van der Waals surface area contributed by atoms with E-state index in [-0.39, 0.29) is 5.97 Å². The van der Waals surface area contributed by atoms with E-state index in [9.17, 15) is 4.79 Å². The summed E-state index contributed by atoms with van der Waals surface area (Å²) in [4.78, 5) is 11.1. The molecule has 3 nitrogen and oxygen atoms in total. The van der Waals surface area contributed by atoms with Gasteiger partial charge in [0.25, 0.3) is 0 Å². The van der Waals surface area contributed by atoms with E-state index in [4.69, 9.17) is 4.74 Å². The Morgan fingerprint density at radius 1 is 1.53 bits per heavy atom. The Kier molecular flexibility index (Phi) is 6.10. The summed E-state index contributed by atoms with van der Waals surface area (Å²) in [6.07, 6.45) is 6.45. The zero-order chi connectivity index (χ0) is 11.1. The van der Waals surface area contributed by atoms with Gasteiger partial charge in [0.05, 0.1) is 13.0 Å². The van der Waals surface area contributed by atoms with Crippen LogP contribution in [0.15, 0.2) is 0 Å². The maximum atomic E-state index is 11.1. The van der Waals surface area contributed by atoms with E-state index in [0.29, 0.717) is 19.1 Å². The van der Waals surface area contributed by atoms with Crippen molar-refractivity contribution in [1.82, 2.24) is 5.32 Å². The molecule has 0 spiro atoms. The topological polar surface area (TPSA) is 38.3 Å². The molecule has 88 valence electrons. The van der Waals surface area contributed by atoms with Gasteiger partial charge in [-0.3, -0.25) is 4.79 Å². The highest BCUT2D eigenvalue weighted by Gasteiger charge is 2.23. The number of hydrogen-bond acceptors (Lipinski definition) is 4. The molecule has 0 aromatic carbocycles. The third-order valence-electron chi connectivity index (χ3n) is 2.79. The zero-order valence-corrected chi connectivity index (χ0v) is 10.4. The summed E-state index contributed by atoms with van der Waals surface area (Å²) in [7, 11) is 0. The van der Waals surface area contributed by atoms with Crippen molar-refractivity contribution in [3.8, 4) is 0 Å². The molecule has 1 saturated carbocycles. The molecule has 1 N–H and O–H groups in total. The SMILES string of the molecule is CCOC(=O)CCNC1CCC(SC)C1. The Hall–Kier alpha value is -0.220. The van der Waals surface area contributed by atoms with Gasteiger partial charge in [-0.25, -0.2) is 0 Å². The normalized spacial score (nSPS) is 25.5. The van der Waals surface area contributed by atoms with Crippen LogP contribution in [0.1, 0.15) is 32.6 Å². The summed E-state index contributed by atoms with van der Waals surface area (Å²) < 4.78 is 4.87. The van der Waals surface area contributed by atoms with Gasteiger partial charge in [-0.15, -0.1) is 0 Å². The van der Waals surface area contributed by atoms with Crippen LogP contribution >= 0.6 is 11.8 Å². The van der Waals surface area contributed by atoms with Crippen molar-refractivity contribution >= 4 is 17.7 Å². The van der Waals surface area contributed by atoms with Crippen LogP contribution in [0.3, 0.4) is 0 Å². The fourth-order valence-corrected chi connectivity index (χ4v) is 2.75. The smallest absolute Gasteiger partial charge is 0.307 e. The average Bonchev–Trinajstić information content (AvgIpc) is 2.66. The number of rotatable bonds is 6. The minimum absolute atomic E-state index is 0.0931. The number of ether oxygens (including phenoxy) is 1. The molecule has 0 amide bonds. The molecular formula is C11H21NO2S. The predicted octanol–water partition coefficient (Wildman–Crippen LogP) is 1.81. The molecule has 0 aliphatic heterocycles. The molecule has 4 heteroatoms.